The highest BCUT2D eigenvalue weighted by Gasteiger charge is 2.25. The Morgan fingerprint density at radius 3 is 2.76 bits per heavy atom. The number of benzene rings is 1. The van der Waals surface area contributed by atoms with Crippen molar-refractivity contribution >= 4 is 15.9 Å². The average Bonchev–Trinajstić information content (AvgIpc) is 2.61. The van der Waals surface area contributed by atoms with Crippen molar-refractivity contribution in [3.63, 3.8) is 0 Å². The molecule has 2 aromatic rings. The molecule has 25 heavy (non-hydrogen) atoms. The molecule has 8 heteroatoms. The molecule has 3 rings (SSSR count). The van der Waals surface area contributed by atoms with Crippen molar-refractivity contribution in [2.24, 2.45) is 11.1 Å². The second-order valence-corrected chi connectivity index (χ2v) is 7.73. The number of nitrogens with two attached hydrogens (primary N) is 1. The summed E-state index contributed by atoms with van der Waals surface area (Å²) in [7, 11) is -3.67. The summed E-state index contributed by atoms with van der Waals surface area (Å²) < 4.78 is 22.4. The zero-order valence-corrected chi connectivity index (χ0v) is 14.5. The molecule has 0 radical (unpaired) electrons. The van der Waals surface area contributed by atoms with Crippen LogP contribution in [0, 0.1) is 5.92 Å². The van der Waals surface area contributed by atoms with E-state index in [-0.39, 0.29) is 16.7 Å². The number of carbonyl (C=O) groups excluding carboxylic acids is 1. The zero-order valence-electron chi connectivity index (χ0n) is 13.7. The predicted octanol–water partition coefficient (Wildman–Crippen LogP) is 0.588. The maximum absolute atomic E-state index is 12.3. The number of fused-ring (bicyclic) bond motifs is 1. The third-order valence-corrected chi connectivity index (χ3v) is 5.34. The predicted molar refractivity (Wildman–Crippen MR) is 92.1 cm³/mol. The second kappa shape index (κ2) is 7.28. The Morgan fingerprint density at radius 2 is 2.04 bits per heavy atom. The molecule has 0 bridgehead atoms. The molecule has 1 aliphatic carbocycles. The normalized spacial score (nSPS) is 16.9. The van der Waals surface area contributed by atoms with Crippen LogP contribution < -0.4 is 10.5 Å². The van der Waals surface area contributed by atoms with E-state index in [9.17, 15) is 13.2 Å². The Balaban J connectivity index is 1.50. The Hall–Kier alpha value is -2.32. The molecule has 1 aliphatic rings. The summed E-state index contributed by atoms with van der Waals surface area (Å²) in [6.07, 6.45) is 6.22. The lowest BCUT2D eigenvalue weighted by Crippen LogP contribution is -2.35. The standard InChI is InChI=1S/C17H20N4O3S/c18-25(23,24)15-4-1-12(2-5-15)7-8-20-17(22)13-3-6-16-14(9-13)10-19-11-21-16/h1-2,4-5,10-11,13H,3,6-9H2,(H,20,22)(H2,18,23,24). The number of hydrogen-bond donors (Lipinski definition) is 2. The minimum absolute atomic E-state index is 0.0376. The molecule has 1 amide bonds. The molecule has 0 aliphatic heterocycles. The van der Waals surface area contributed by atoms with E-state index in [4.69, 9.17) is 5.14 Å². The fourth-order valence-electron chi connectivity index (χ4n) is 3.00. The molecule has 132 valence electrons. The van der Waals surface area contributed by atoms with E-state index < -0.39 is 10.0 Å². The smallest absolute Gasteiger partial charge is 0.238 e. The molecule has 1 atom stereocenters. The maximum atomic E-state index is 12.3. The highest BCUT2D eigenvalue weighted by atomic mass is 32.2. The van der Waals surface area contributed by atoms with Gasteiger partial charge in [-0.1, -0.05) is 12.1 Å². The van der Waals surface area contributed by atoms with Crippen molar-refractivity contribution in [1.82, 2.24) is 15.3 Å². The van der Waals surface area contributed by atoms with Gasteiger partial charge < -0.3 is 5.32 Å². The summed E-state index contributed by atoms with van der Waals surface area (Å²) in [5.74, 6) is -0.0149. The van der Waals surface area contributed by atoms with E-state index in [0.717, 1.165) is 29.7 Å². The summed E-state index contributed by atoms with van der Waals surface area (Å²) in [6, 6.07) is 6.37. The van der Waals surface area contributed by atoms with Crippen LogP contribution in [0.4, 0.5) is 0 Å². The molecule has 0 spiro atoms. The van der Waals surface area contributed by atoms with Gasteiger partial charge in [0.1, 0.15) is 6.33 Å². The summed E-state index contributed by atoms with van der Waals surface area (Å²) >= 11 is 0. The molecule has 1 unspecified atom stereocenters. The van der Waals surface area contributed by atoms with Gasteiger partial charge in [-0.05, 0) is 48.9 Å². The van der Waals surface area contributed by atoms with E-state index in [1.807, 2.05) is 0 Å². The maximum Gasteiger partial charge on any atom is 0.238 e. The highest BCUT2D eigenvalue weighted by Crippen LogP contribution is 2.23. The molecule has 7 nitrogen and oxygen atoms in total. The van der Waals surface area contributed by atoms with Gasteiger partial charge in [0.2, 0.25) is 15.9 Å². The summed E-state index contributed by atoms with van der Waals surface area (Å²) in [6.45, 7) is 0.502. The summed E-state index contributed by atoms with van der Waals surface area (Å²) in [4.78, 5) is 20.7. The van der Waals surface area contributed by atoms with Crippen LogP contribution in [0.25, 0.3) is 0 Å². The number of hydrogen-bond acceptors (Lipinski definition) is 5. The van der Waals surface area contributed by atoms with Gasteiger partial charge in [0.15, 0.2) is 0 Å². The molecule has 1 aromatic carbocycles. The van der Waals surface area contributed by atoms with Crippen molar-refractivity contribution in [2.75, 3.05) is 6.54 Å². The quantitative estimate of drug-likeness (QED) is 0.810. The van der Waals surface area contributed by atoms with Gasteiger partial charge in [-0.2, -0.15) is 0 Å². The number of nitrogens with zero attached hydrogens (tertiary/aromatic N) is 2. The van der Waals surface area contributed by atoms with Crippen molar-refractivity contribution in [2.45, 2.75) is 30.6 Å². The fourth-order valence-corrected chi connectivity index (χ4v) is 3.52. The lowest BCUT2D eigenvalue weighted by molar-refractivity contribution is -0.125. The van der Waals surface area contributed by atoms with E-state index in [1.54, 1.807) is 24.7 Å². The van der Waals surface area contributed by atoms with E-state index in [1.165, 1.54) is 12.1 Å². The van der Waals surface area contributed by atoms with Crippen molar-refractivity contribution in [1.29, 1.82) is 0 Å². The third kappa shape index (κ3) is 4.40. The van der Waals surface area contributed by atoms with Crippen LogP contribution in [-0.4, -0.2) is 30.8 Å². The average molecular weight is 360 g/mol. The van der Waals surface area contributed by atoms with Gasteiger partial charge >= 0.3 is 0 Å². The number of primary sulfonamides is 1. The first kappa shape index (κ1) is 17.5. The number of nitrogens with one attached hydrogen (secondary N) is 1. The number of sulfonamides is 1. The first-order chi connectivity index (χ1) is 11.9. The monoisotopic (exact) mass is 360 g/mol. The van der Waals surface area contributed by atoms with Crippen molar-refractivity contribution in [3.8, 4) is 0 Å². The van der Waals surface area contributed by atoms with E-state index in [2.05, 4.69) is 15.3 Å². The van der Waals surface area contributed by atoms with Gasteiger partial charge in [0.25, 0.3) is 0 Å². The molecular weight excluding hydrogens is 340 g/mol. The Bertz CT molecular complexity index is 866. The van der Waals surface area contributed by atoms with Gasteiger partial charge in [-0.15, -0.1) is 0 Å². The van der Waals surface area contributed by atoms with Gasteiger partial charge in [0, 0.05) is 24.4 Å². The molecule has 3 N–H and O–H groups in total. The van der Waals surface area contributed by atoms with Crippen LogP contribution in [0.1, 0.15) is 23.2 Å². The van der Waals surface area contributed by atoms with Gasteiger partial charge in [-0.25, -0.2) is 23.5 Å². The van der Waals surface area contributed by atoms with Gasteiger partial charge in [0.05, 0.1) is 4.90 Å². The SMILES string of the molecule is NS(=O)(=O)c1ccc(CCNC(=O)C2CCc3ncncc3C2)cc1. The van der Waals surface area contributed by atoms with Crippen LogP contribution in [0.2, 0.25) is 0 Å². The third-order valence-electron chi connectivity index (χ3n) is 4.41. The molecular formula is C17H20N4O3S. The fraction of sp³-hybridized carbons (Fsp3) is 0.353. The van der Waals surface area contributed by atoms with Crippen LogP contribution in [0.5, 0.6) is 0 Å². The number of rotatable bonds is 5. The summed E-state index contributed by atoms with van der Waals surface area (Å²) in [5.41, 5.74) is 3.02. The van der Waals surface area contributed by atoms with Crippen LogP contribution in [-0.2, 0) is 34.1 Å². The Labute approximate surface area is 146 Å². The molecule has 0 saturated heterocycles. The molecule has 0 saturated carbocycles. The Morgan fingerprint density at radius 1 is 1.28 bits per heavy atom. The highest BCUT2D eigenvalue weighted by molar-refractivity contribution is 7.89. The molecule has 0 fully saturated rings. The molecule has 1 aromatic heterocycles. The van der Waals surface area contributed by atoms with E-state index >= 15 is 0 Å². The van der Waals surface area contributed by atoms with Crippen LogP contribution in [0.15, 0.2) is 41.7 Å². The number of carbonyl (C=O) groups is 1. The second-order valence-electron chi connectivity index (χ2n) is 6.16. The zero-order chi connectivity index (χ0) is 17.9. The minimum Gasteiger partial charge on any atom is -0.356 e. The lowest BCUT2D eigenvalue weighted by atomic mass is 9.87. The lowest BCUT2D eigenvalue weighted by Gasteiger charge is -2.22. The van der Waals surface area contributed by atoms with Crippen LogP contribution in [0.3, 0.4) is 0 Å². The largest absolute Gasteiger partial charge is 0.356 e. The molecule has 1 heterocycles. The number of aryl methyl sites for hydroxylation is 1. The van der Waals surface area contributed by atoms with Crippen molar-refractivity contribution in [3.05, 3.63) is 53.6 Å². The first-order valence-corrected chi connectivity index (χ1v) is 9.65. The minimum atomic E-state index is -3.67. The van der Waals surface area contributed by atoms with Crippen LogP contribution >= 0.6 is 0 Å². The Kier molecular flexibility index (Phi) is 5.10. The van der Waals surface area contributed by atoms with E-state index in [0.29, 0.717) is 19.4 Å². The van der Waals surface area contributed by atoms with Crippen molar-refractivity contribution < 1.29 is 13.2 Å². The number of aromatic nitrogens is 2. The van der Waals surface area contributed by atoms with Gasteiger partial charge in [-0.3, -0.25) is 4.79 Å². The number of amides is 1. The first-order valence-electron chi connectivity index (χ1n) is 8.10. The topological polar surface area (TPSA) is 115 Å². The summed E-state index contributed by atoms with van der Waals surface area (Å²) in [5, 5.41) is 8.02.